The first-order chi connectivity index (χ1) is 11.0. The molecule has 0 radical (unpaired) electrons. The molecule has 2 fully saturated rings. The van der Waals surface area contributed by atoms with Gasteiger partial charge in [-0.15, -0.1) is 0 Å². The van der Waals surface area contributed by atoms with Crippen molar-refractivity contribution in [3.8, 4) is 0 Å². The van der Waals surface area contributed by atoms with Crippen molar-refractivity contribution in [2.45, 2.75) is 52.2 Å². The van der Waals surface area contributed by atoms with Crippen LogP contribution < -0.4 is 5.32 Å². The van der Waals surface area contributed by atoms with E-state index in [1.807, 2.05) is 4.90 Å². The Balaban J connectivity index is 1.60. The number of rotatable bonds is 3. The molecule has 2 aliphatic heterocycles. The van der Waals surface area contributed by atoms with Crippen molar-refractivity contribution < 1.29 is 14.1 Å². The largest absolute Gasteiger partial charge is 0.366 e. The van der Waals surface area contributed by atoms with Gasteiger partial charge in [0.1, 0.15) is 0 Å². The lowest BCUT2D eigenvalue weighted by atomic mass is 9.88. The maximum absolute atomic E-state index is 12.6. The van der Waals surface area contributed by atoms with E-state index < -0.39 is 0 Å². The zero-order valence-corrected chi connectivity index (χ0v) is 14.1. The molecule has 7 heteroatoms. The number of ether oxygens (including phenoxy) is 1. The number of carbonyl (C=O) groups is 1. The highest BCUT2D eigenvalue weighted by Gasteiger charge is 2.36. The summed E-state index contributed by atoms with van der Waals surface area (Å²) in [5.41, 5.74) is 0. The Hall–Kier alpha value is -1.63. The molecule has 2 amide bonds. The number of likely N-dealkylation sites (tertiary alicyclic amines) is 1. The number of nitrogens with zero attached hydrogens (tertiary/aromatic N) is 3. The molecule has 128 valence electrons. The van der Waals surface area contributed by atoms with Gasteiger partial charge in [-0.05, 0) is 38.0 Å². The Labute approximate surface area is 136 Å². The Morgan fingerprint density at radius 2 is 2.22 bits per heavy atom. The minimum atomic E-state index is -0.342. The lowest BCUT2D eigenvalue weighted by Gasteiger charge is -2.35. The van der Waals surface area contributed by atoms with E-state index in [9.17, 15) is 4.79 Å². The lowest BCUT2D eigenvalue weighted by molar-refractivity contribution is 0.0697. The molecule has 3 atom stereocenters. The van der Waals surface area contributed by atoms with E-state index in [2.05, 4.69) is 29.3 Å². The number of hydrogen-bond donors (Lipinski definition) is 1. The third kappa shape index (κ3) is 3.65. The number of piperidine rings is 1. The monoisotopic (exact) mass is 322 g/mol. The van der Waals surface area contributed by atoms with Crippen molar-refractivity contribution in [3.05, 3.63) is 11.7 Å². The van der Waals surface area contributed by atoms with Gasteiger partial charge in [-0.3, -0.25) is 0 Å². The van der Waals surface area contributed by atoms with Crippen LogP contribution in [0.25, 0.3) is 0 Å². The van der Waals surface area contributed by atoms with Gasteiger partial charge < -0.3 is 19.5 Å². The van der Waals surface area contributed by atoms with Crippen LogP contribution in [-0.2, 0) is 4.74 Å². The molecule has 3 rings (SSSR count). The highest BCUT2D eigenvalue weighted by molar-refractivity contribution is 5.74. The van der Waals surface area contributed by atoms with E-state index in [-0.39, 0.29) is 18.2 Å². The molecule has 2 saturated heterocycles. The van der Waals surface area contributed by atoms with Gasteiger partial charge in [0.15, 0.2) is 11.9 Å². The van der Waals surface area contributed by atoms with Gasteiger partial charge in [-0.25, -0.2) is 4.79 Å². The molecule has 0 aliphatic carbocycles. The molecule has 1 N–H and O–H groups in total. The predicted molar refractivity (Wildman–Crippen MR) is 83.8 cm³/mol. The number of urea groups is 1. The number of carbonyl (C=O) groups excluding carboxylic acids is 1. The van der Waals surface area contributed by atoms with Crippen LogP contribution in [0.1, 0.15) is 50.9 Å². The Morgan fingerprint density at radius 1 is 1.39 bits per heavy atom. The van der Waals surface area contributed by atoms with Gasteiger partial charge in [0, 0.05) is 19.7 Å². The molecule has 0 bridgehead atoms. The topological polar surface area (TPSA) is 80.5 Å². The Kier molecular flexibility index (Phi) is 4.84. The standard InChI is InChI=1S/C16H26N4O3/c1-10(2)12-5-4-7-20(9-12)16(21)18-13-6-8-22-14(13)15-17-11(3)19-23-15/h10,12-14H,4-9H2,1-3H3,(H,18,21)/t12?,13-,14+/m1/s1. The van der Waals surface area contributed by atoms with Gasteiger partial charge in [0.05, 0.1) is 6.04 Å². The average molecular weight is 322 g/mol. The third-order valence-electron chi connectivity index (χ3n) is 4.88. The third-order valence-corrected chi connectivity index (χ3v) is 4.88. The first kappa shape index (κ1) is 16.2. The maximum Gasteiger partial charge on any atom is 0.317 e. The number of aryl methyl sites for hydroxylation is 1. The van der Waals surface area contributed by atoms with Gasteiger partial charge >= 0.3 is 6.03 Å². The molecule has 0 spiro atoms. The number of nitrogens with one attached hydrogen (secondary N) is 1. The van der Waals surface area contributed by atoms with Crippen molar-refractivity contribution in [3.63, 3.8) is 0 Å². The van der Waals surface area contributed by atoms with E-state index in [0.29, 0.717) is 30.2 Å². The van der Waals surface area contributed by atoms with E-state index in [4.69, 9.17) is 9.26 Å². The first-order valence-corrected chi connectivity index (χ1v) is 8.52. The van der Waals surface area contributed by atoms with Gasteiger partial charge in [0.25, 0.3) is 5.89 Å². The quantitative estimate of drug-likeness (QED) is 0.923. The van der Waals surface area contributed by atoms with Crippen LogP contribution in [0.5, 0.6) is 0 Å². The van der Waals surface area contributed by atoms with Crippen molar-refractivity contribution >= 4 is 6.03 Å². The Bertz CT molecular complexity index is 545. The molecule has 0 saturated carbocycles. The summed E-state index contributed by atoms with van der Waals surface area (Å²) in [5, 5.41) is 6.90. The number of amides is 2. The van der Waals surface area contributed by atoms with Crippen LogP contribution >= 0.6 is 0 Å². The summed E-state index contributed by atoms with van der Waals surface area (Å²) in [4.78, 5) is 18.8. The molecule has 3 heterocycles. The summed E-state index contributed by atoms with van der Waals surface area (Å²) >= 11 is 0. The van der Waals surface area contributed by atoms with Crippen molar-refractivity contribution in [1.82, 2.24) is 20.4 Å². The highest BCUT2D eigenvalue weighted by atomic mass is 16.5. The molecule has 1 unspecified atom stereocenters. The summed E-state index contributed by atoms with van der Waals surface area (Å²) in [5.74, 6) is 2.22. The molecular weight excluding hydrogens is 296 g/mol. The van der Waals surface area contributed by atoms with E-state index in [0.717, 1.165) is 25.9 Å². The number of aromatic nitrogens is 2. The molecule has 0 aromatic carbocycles. The summed E-state index contributed by atoms with van der Waals surface area (Å²) in [6.07, 6.45) is 2.70. The average Bonchev–Trinajstić information content (AvgIpc) is 3.16. The molecule has 2 aliphatic rings. The zero-order chi connectivity index (χ0) is 16.4. The fraction of sp³-hybridized carbons (Fsp3) is 0.812. The predicted octanol–water partition coefficient (Wildman–Crippen LogP) is 2.29. The van der Waals surface area contributed by atoms with Crippen LogP contribution in [0.15, 0.2) is 4.52 Å². The first-order valence-electron chi connectivity index (χ1n) is 8.52. The van der Waals surface area contributed by atoms with Gasteiger partial charge in [-0.1, -0.05) is 19.0 Å². The molecular formula is C16H26N4O3. The molecule has 1 aromatic rings. The van der Waals surface area contributed by atoms with Crippen LogP contribution in [0.4, 0.5) is 4.79 Å². The molecule has 7 nitrogen and oxygen atoms in total. The normalized spacial score (nSPS) is 28.3. The van der Waals surface area contributed by atoms with Crippen LogP contribution in [-0.4, -0.2) is 46.8 Å². The van der Waals surface area contributed by atoms with E-state index in [1.54, 1.807) is 6.92 Å². The second kappa shape index (κ2) is 6.86. The molecule has 23 heavy (non-hydrogen) atoms. The van der Waals surface area contributed by atoms with Gasteiger partial charge in [-0.2, -0.15) is 4.98 Å². The fourth-order valence-corrected chi connectivity index (χ4v) is 3.40. The van der Waals surface area contributed by atoms with Crippen molar-refractivity contribution in [1.29, 1.82) is 0 Å². The van der Waals surface area contributed by atoms with E-state index >= 15 is 0 Å². The summed E-state index contributed by atoms with van der Waals surface area (Å²) in [6, 6.07) is -0.117. The minimum Gasteiger partial charge on any atom is -0.366 e. The second-order valence-electron chi connectivity index (χ2n) is 6.91. The van der Waals surface area contributed by atoms with Crippen molar-refractivity contribution in [2.75, 3.05) is 19.7 Å². The maximum atomic E-state index is 12.6. The smallest absolute Gasteiger partial charge is 0.317 e. The SMILES string of the molecule is Cc1noc([C@H]2OCC[C@H]2NC(=O)N2CCCC(C(C)C)C2)n1. The molecule has 1 aromatic heterocycles. The van der Waals surface area contributed by atoms with Gasteiger partial charge in [0.2, 0.25) is 0 Å². The summed E-state index contributed by atoms with van der Waals surface area (Å²) < 4.78 is 10.9. The fourth-order valence-electron chi connectivity index (χ4n) is 3.40. The Morgan fingerprint density at radius 3 is 2.91 bits per heavy atom. The summed E-state index contributed by atoms with van der Waals surface area (Å²) in [7, 11) is 0. The number of hydrogen-bond acceptors (Lipinski definition) is 5. The zero-order valence-electron chi connectivity index (χ0n) is 14.1. The summed E-state index contributed by atoms with van der Waals surface area (Å²) in [6.45, 7) is 8.48. The van der Waals surface area contributed by atoms with Crippen LogP contribution in [0.3, 0.4) is 0 Å². The van der Waals surface area contributed by atoms with Crippen molar-refractivity contribution in [2.24, 2.45) is 11.8 Å². The minimum absolute atomic E-state index is 0.00733. The van der Waals surface area contributed by atoms with Crippen LogP contribution in [0, 0.1) is 18.8 Å². The second-order valence-corrected chi connectivity index (χ2v) is 6.91. The lowest BCUT2D eigenvalue weighted by Crippen LogP contribution is -2.49. The highest BCUT2D eigenvalue weighted by Crippen LogP contribution is 2.29. The van der Waals surface area contributed by atoms with E-state index in [1.165, 1.54) is 6.42 Å². The van der Waals surface area contributed by atoms with Crippen LogP contribution in [0.2, 0.25) is 0 Å².